The number of nitrogens with zero attached hydrogens (tertiary/aromatic N) is 1. The quantitative estimate of drug-likeness (QED) is 0.357. The van der Waals surface area contributed by atoms with E-state index < -0.39 is 0 Å². The number of aliphatic hydroxyl groups is 1. The number of halogens is 1. The molecule has 0 radical (unpaired) electrons. The van der Waals surface area contributed by atoms with Crippen molar-refractivity contribution >= 4 is 23.3 Å². The van der Waals surface area contributed by atoms with E-state index in [2.05, 4.69) is 29.2 Å². The largest absolute Gasteiger partial charge is 0.490 e. The Balaban J connectivity index is 1.34. The highest BCUT2D eigenvalue weighted by Gasteiger charge is 2.45. The third-order valence-corrected chi connectivity index (χ3v) is 9.79. The molecule has 0 aromatic heterocycles. The molecule has 6 rings (SSSR count). The lowest BCUT2D eigenvalue weighted by Crippen LogP contribution is -2.50. The third-order valence-electron chi connectivity index (χ3n) is 9.56. The van der Waals surface area contributed by atoms with Crippen molar-refractivity contribution in [1.29, 1.82) is 0 Å². The summed E-state index contributed by atoms with van der Waals surface area (Å²) in [6.07, 6.45) is 12.9. The molecule has 2 aromatic rings. The number of aliphatic hydroxyl groups excluding tert-OH is 1. The monoisotopic (exact) mass is 535 g/mol. The Morgan fingerprint density at radius 2 is 2.11 bits per heavy atom. The van der Waals surface area contributed by atoms with E-state index >= 15 is 0 Å². The van der Waals surface area contributed by atoms with Crippen LogP contribution in [0.4, 0.5) is 5.69 Å². The molecular weight excluding hydrogens is 498 g/mol. The number of carbonyl (C=O) groups excluding carboxylic acids is 1. The molecule has 3 aliphatic carbocycles. The summed E-state index contributed by atoms with van der Waals surface area (Å²) in [6, 6.07) is 12.0. The number of benzene rings is 2. The highest BCUT2D eigenvalue weighted by molar-refractivity contribution is 6.30. The van der Waals surface area contributed by atoms with Crippen LogP contribution < -0.4 is 9.64 Å². The normalized spacial score (nSPS) is 28.9. The van der Waals surface area contributed by atoms with Gasteiger partial charge < -0.3 is 19.5 Å². The van der Waals surface area contributed by atoms with Gasteiger partial charge in [-0.25, -0.2) is 4.79 Å². The van der Waals surface area contributed by atoms with E-state index in [1.165, 1.54) is 18.2 Å². The minimum absolute atomic E-state index is 0.160. The van der Waals surface area contributed by atoms with Gasteiger partial charge in [-0.1, -0.05) is 29.8 Å². The van der Waals surface area contributed by atoms with E-state index in [1.807, 2.05) is 18.2 Å². The summed E-state index contributed by atoms with van der Waals surface area (Å²) in [7, 11) is 1.42. The molecule has 1 N–H and O–H groups in total. The molecule has 6 heteroatoms. The Kier molecular flexibility index (Phi) is 7.17. The fraction of sp³-hybridized carbons (Fsp3) is 0.531. The molecule has 202 valence electrons. The Labute approximate surface area is 230 Å². The average Bonchev–Trinajstić information content (AvgIpc) is 3.08. The minimum atomic E-state index is -0.342. The second kappa shape index (κ2) is 10.6. The first-order valence-electron chi connectivity index (χ1n) is 14.2. The second-order valence-corrected chi connectivity index (χ2v) is 12.2. The maximum atomic E-state index is 12.5. The van der Waals surface area contributed by atoms with Crippen LogP contribution in [0.5, 0.6) is 5.75 Å². The number of esters is 1. The number of allylic oxidation sites excluding steroid dienone is 1. The summed E-state index contributed by atoms with van der Waals surface area (Å²) >= 11 is 6.39. The van der Waals surface area contributed by atoms with Gasteiger partial charge in [0.25, 0.3) is 0 Å². The number of aryl methyl sites for hydroxylation is 1. The molecule has 1 unspecified atom stereocenters. The third kappa shape index (κ3) is 4.73. The molecule has 0 saturated heterocycles. The predicted molar refractivity (Wildman–Crippen MR) is 150 cm³/mol. The van der Waals surface area contributed by atoms with Gasteiger partial charge in [-0.3, -0.25) is 0 Å². The number of rotatable bonds is 5. The highest BCUT2D eigenvalue weighted by atomic mass is 35.5. The van der Waals surface area contributed by atoms with Crippen molar-refractivity contribution < 1.29 is 19.4 Å². The number of anilines is 1. The van der Waals surface area contributed by atoms with Crippen LogP contribution in [0.1, 0.15) is 66.4 Å². The first-order chi connectivity index (χ1) is 18.5. The van der Waals surface area contributed by atoms with E-state index in [-0.39, 0.29) is 23.4 Å². The zero-order valence-electron chi connectivity index (χ0n) is 22.2. The van der Waals surface area contributed by atoms with E-state index in [0.717, 1.165) is 80.9 Å². The second-order valence-electron chi connectivity index (χ2n) is 11.8. The molecule has 1 aliphatic heterocycles. The van der Waals surface area contributed by atoms with Crippen LogP contribution in [0.3, 0.4) is 0 Å². The minimum Gasteiger partial charge on any atom is -0.490 e. The predicted octanol–water partition coefficient (Wildman–Crippen LogP) is 6.34. The molecular formula is C32H38ClNO4. The van der Waals surface area contributed by atoms with Gasteiger partial charge in [0, 0.05) is 29.4 Å². The molecule has 5 atom stereocenters. The molecule has 1 heterocycles. The maximum Gasteiger partial charge on any atom is 0.337 e. The molecule has 0 amide bonds. The lowest BCUT2D eigenvalue weighted by molar-refractivity contribution is -0.0131. The number of methoxy groups -OCH3 is 1. The zero-order chi connectivity index (χ0) is 26.3. The number of ether oxygens (including phenoxy) is 2. The highest BCUT2D eigenvalue weighted by Crippen LogP contribution is 2.47. The lowest BCUT2D eigenvalue weighted by atomic mass is 9.66. The smallest absolute Gasteiger partial charge is 0.337 e. The molecule has 0 bridgehead atoms. The Morgan fingerprint density at radius 1 is 1.21 bits per heavy atom. The average molecular weight is 536 g/mol. The first kappa shape index (κ1) is 25.8. The summed E-state index contributed by atoms with van der Waals surface area (Å²) < 4.78 is 11.6. The van der Waals surface area contributed by atoms with Gasteiger partial charge in [0.15, 0.2) is 0 Å². The van der Waals surface area contributed by atoms with Gasteiger partial charge in [-0.15, -0.1) is 0 Å². The van der Waals surface area contributed by atoms with E-state index in [0.29, 0.717) is 24.0 Å². The Morgan fingerprint density at radius 3 is 2.87 bits per heavy atom. The van der Waals surface area contributed by atoms with Crippen LogP contribution in [0, 0.1) is 17.8 Å². The Bertz CT molecular complexity index is 1230. The molecule has 1 saturated carbocycles. The van der Waals surface area contributed by atoms with Crippen molar-refractivity contribution in [3.05, 3.63) is 70.3 Å². The maximum absolute atomic E-state index is 12.5. The summed E-state index contributed by atoms with van der Waals surface area (Å²) in [6.45, 7) is 2.23. The van der Waals surface area contributed by atoms with Gasteiger partial charge in [0.2, 0.25) is 0 Å². The van der Waals surface area contributed by atoms with Crippen molar-refractivity contribution in [3.63, 3.8) is 0 Å². The number of hydrogen-bond acceptors (Lipinski definition) is 5. The summed E-state index contributed by atoms with van der Waals surface area (Å²) in [5, 5.41) is 12.1. The first-order valence-corrected chi connectivity index (χ1v) is 14.6. The Hall–Kier alpha value is -2.50. The van der Waals surface area contributed by atoms with Crippen LogP contribution in [-0.2, 0) is 16.6 Å². The van der Waals surface area contributed by atoms with Gasteiger partial charge >= 0.3 is 5.97 Å². The van der Waals surface area contributed by atoms with E-state index in [9.17, 15) is 9.90 Å². The van der Waals surface area contributed by atoms with Crippen LogP contribution >= 0.6 is 11.6 Å². The molecule has 5 nitrogen and oxygen atoms in total. The van der Waals surface area contributed by atoms with Crippen LogP contribution in [0.15, 0.2) is 48.6 Å². The van der Waals surface area contributed by atoms with E-state index in [4.69, 9.17) is 21.1 Å². The van der Waals surface area contributed by atoms with Crippen molar-refractivity contribution in [2.45, 2.75) is 62.9 Å². The summed E-state index contributed by atoms with van der Waals surface area (Å²) in [4.78, 5) is 14.9. The lowest BCUT2D eigenvalue weighted by Gasteiger charge is -2.46. The van der Waals surface area contributed by atoms with Crippen LogP contribution in [0.2, 0.25) is 5.02 Å². The standard InChI is InChI=1S/C32H38ClNO4/c1-37-31(36)23-10-14-29-28(17-23)34(18-24-9-12-26(24)30(35)21-6-3-2-4-7-21)19-32(20-38-29)15-5-8-22-16-25(33)11-13-27(22)32/h3,6,10-11,13-14,16-17,21,24,26,30,35H,2,4-5,7-9,12,15,18-20H2,1H3/t21-,24-,26+,30-,32?/m0/s1. The van der Waals surface area contributed by atoms with Crippen molar-refractivity contribution in [2.24, 2.45) is 17.8 Å². The molecule has 1 spiro atoms. The van der Waals surface area contributed by atoms with Crippen molar-refractivity contribution in [2.75, 3.05) is 31.7 Å². The number of hydrogen-bond donors (Lipinski definition) is 1. The fourth-order valence-corrected chi connectivity index (χ4v) is 7.55. The van der Waals surface area contributed by atoms with Crippen molar-refractivity contribution in [3.8, 4) is 5.75 Å². The topological polar surface area (TPSA) is 59.0 Å². The van der Waals surface area contributed by atoms with Gasteiger partial charge in [-0.05, 0) is 105 Å². The van der Waals surface area contributed by atoms with Crippen LogP contribution in [-0.4, -0.2) is 44.0 Å². The fourth-order valence-electron chi connectivity index (χ4n) is 7.35. The van der Waals surface area contributed by atoms with Gasteiger partial charge in [0.1, 0.15) is 5.75 Å². The molecule has 4 aliphatic rings. The van der Waals surface area contributed by atoms with Crippen molar-refractivity contribution in [1.82, 2.24) is 0 Å². The summed E-state index contributed by atoms with van der Waals surface area (Å²) in [5.41, 5.74) is 3.96. The molecule has 1 fully saturated rings. The SMILES string of the molecule is COC(=O)c1ccc2c(c1)N(C[C@@H]1CC[C@H]1[C@@H](O)[C@H]1C=CCCC1)CC1(CCCc3cc(Cl)ccc31)CO2. The van der Waals surface area contributed by atoms with Crippen LogP contribution in [0.25, 0.3) is 0 Å². The zero-order valence-corrected chi connectivity index (χ0v) is 23.0. The summed E-state index contributed by atoms with van der Waals surface area (Å²) in [5.74, 6) is 1.43. The van der Waals surface area contributed by atoms with E-state index in [1.54, 1.807) is 6.07 Å². The van der Waals surface area contributed by atoms with Gasteiger partial charge in [-0.2, -0.15) is 0 Å². The number of fused-ring (bicyclic) bond motifs is 3. The molecule has 38 heavy (non-hydrogen) atoms. The van der Waals surface area contributed by atoms with Gasteiger partial charge in [0.05, 0.1) is 31.1 Å². The number of carbonyl (C=O) groups is 1. The molecule has 2 aromatic carbocycles.